The number of hydrogen-bond donors (Lipinski definition) is 2. The molecular weight excluding hydrogens is 276 g/mol. The van der Waals surface area contributed by atoms with Crippen LogP contribution in [0, 0.1) is 13.8 Å². The van der Waals surface area contributed by atoms with Crippen LogP contribution < -0.4 is 15.4 Å². The fourth-order valence-electron chi connectivity index (χ4n) is 2.81. The van der Waals surface area contributed by atoms with E-state index in [0.29, 0.717) is 16.9 Å². The first-order valence-electron chi connectivity index (χ1n) is 7.28. The summed E-state index contributed by atoms with van der Waals surface area (Å²) in [6, 6.07) is 11.7. The smallest absolute Gasteiger partial charge is 0.201 e. The molecule has 0 radical (unpaired) electrons. The van der Waals surface area contributed by atoms with E-state index in [0.717, 1.165) is 22.5 Å². The van der Waals surface area contributed by atoms with Crippen LogP contribution in [0.4, 0.5) is 11.4 Å². The molecule has 2 aromatic rings. The first-order valence-corrected chi connectivity index (χ1v) is 7.28. The molecule has 2 N–H and O–H groups in total. The van der Waals surface area contributed by atoms with Gasteiger partial charge in [-0.05, 0) is 49.2 Å². The number of aryl methyl sites for hydroxylation is 2. The van der Waals surface area contributed by atoms with Crippen molar-refractivity contribution in [2.75, 3.05) is 10.6 Å². The van der Waals surface area contributed by atoms with Gasteiger partial charge >= 0.3 is 0 Å². The summed E-state index contributed by atoms with van der Waals surface area (Å²) in [6.45, 7) is 4.02. The highest BCUT2D eigenvalue weighted by atomic mass is 16.5. The van der Waals surface area contributed by atoms with Gasteiger partial charge in [0.05, 0.1) is 22.5 Å². The van der Waals surface area contributed by atoms with Crippen molar-refractivity contribution in [1.29, 1.82) is 0 Å². The lowest BCUT2D eigenvalue weighted by Crippen LogP contribution is -2.36. The number of para-hydroxylation sites is 2. The molecule has 0 unspecified atom stereocenters. The standard InChI is InChI=1S/C18H16N2O2/c1-10-7-12-16(8-11(10)2)22-18-13(17(12)21)9-19-14-5-3-4-6-15(14)20-18/h3-9,18-20H,1-2H3/t18-/m0/s1. The Morgan fingerprint density at radius 1 is 1.05 bits per heavy atom. The normalized spacial score (nSPS) is 18.5. The van der Waals surface area contributed by atoms with Gasteiger partial charge in [-0.2, -0.15) is 0 Å². The van der Waals surface area contributed by atoms with E-state index in [1.54, 1.807) is 6.20 Å². The van der Waals surface area contributed by atoms with Crippen LogP contribution in [-0.4, -0.2) is 12.0 Å². The molecule has 110 valence electrons. The average Bonchev–Trinajstić information content (AvgIpc) is 2.69. The van der Waals surface area contributed by atoms with Gasteiger partial charge in [0.1, 0.15) is 5.75 Å². The van der Waals surface area contributed by atoms with E-state index < -0.39 is 6.23 Å². The number of ketones is 1. The Morgan fingerprint density at radius 2 is 1.77 bits per heavy atom. The molecule has 0 bridgehead atoms. The van der Waals surface area contributed by atoms with Gasteiger partial charge in [-0.15, -0.1) is 0 Å². The van der Waals surface area contributed by atoms with E-state index in [1.165, 1.54) is 0 Å². The number of anilines is 2. The first-order chi connectivity index (χ1) is 10.6. The van der Waals surface area contributed by atoms with Gasteiger partial charge in [-0.1, -0.05) is 12.1 Å². The summed E-state index contributed by atoms with van der Waals surface area (Å²) in [5.74, 6) is 0.643. The molecule has 4 nitrogen and oxygen atoms in total. The summed E-state index contributed by atoms with van der Waals surface area (Å²) in [4.78, 5) is 12.8. The highest BCUT2D eigenvalue weighted by molar-refractivity contribution is 6.13. The van der Waals surface area contributed by atoms with Gasteiger partial charge in [0.2, 0.25) is 6.23 Å². The second-order valence-corrected chi connectivity index (χ2v) is 5.69. The average molecular weight is 292 g/mol. The summed E-state index contributed by atoms with van der Waals surface area (Å²) in [5.41, 5.74) is 5.27. The van der Waals surface area contributed by atoms with Crippen LogP contribution in [0.5, 0.6) is 5.75 Å². The number of ether oxygens (including phenoxy) is 1. The van der Waals surface area contributed by atoms with Crippen molar-refractivity contribution in [2.24, 2.45) is 0 Å². The van der Waals surface area contributed by atoms with E-state index in [4.69, 9.17) is 4.74 Å². The highest BCUT2D eigenvalue weighted by Gasteiger charge is 2.33. The van der Waals surface area contributed by atoms with E-state index in [1.807, 2.05) is 50.2 Å². The van der Waals surface area contributed by atoms with Crippen molar-refractivity contribution in [3.63, 3.8) is 0 Å². The van der Waals surface area contributed by atoms with Crippen LogP contribution in [0.15, 0.2) is 48.2 Å². The second kappa shape index (κ2) is 4.63. The molecule has 0 fully saturated rings. The lowest BCUT2D eigenvalue weighted by molar-refractivity contribution is 0.0974. The number of benzene rings is 2. The molecule has 22 heavy (non-hydrogen) atoms. The molecule has 2 aliphatic rings. The fraction of sp³-hybridized carbons (Fsp3) is 0.167. The highest BCUT2D eigenvalue weighted by Crippen LogP contribution is 2.36. The van der Waals surface area contributed by atoms with E-state index in [2.05, 4.69) is 10.6 Å². The third kappa shape index (κ3) is 1.88. The van der Waals surface area contributed by atoms with Gasteiger partial charge in [0.25, 0.3) is 0 Å². The van der Waals surface area contributed by atoms with Crippen LogP contribution in [0.3, 0.4) is 0 Å². The number of hydrogen-bond acceptors (Lipinski definition) is 4. The van der Waals surface area contributed by atoms with Crippen molar-refractivity contribution in [3.8, 4) is 5.75 Å². The minimum Gasteiger partial charge on any atom is -0.465 e. The molecule has 0 amide bonds. The van der Waals surface area contributed by atoms with E-state index in [-0.39, 0.29) is 5.78 Å². The second-order valence-electron chi connectivity index (χ2n) is 5.69. The van der Waals surface area contributed by atoms with Crippen LogP contribution in [-0.2, 0) is 0 Å². The molecule has 1 atom stereocenters. The summed E-state index contributed by atoms with van der Waals surface area (Å²) in [7, 11) is 0. The van der Waals surface area contributed by atoms with Crippen molar-refractivity contribution >= 4 is 17.2 Å². The van der Waals surface area contributed by atoms with Gasteiger partial charge in [-0.3, -0.25) is 4.79 Å². The SMILES string of the molecule is Cc1cc2c(cc1C)C(=O)C1=CNc3ccccc3N[C@H]1O2. The molecule has 0 spiro atoms. The number of carbonyl (C=O) groups is 1. The summed E-state index contributed by atoms with van der Waals surface area (Å²) in [6.07, 6.45) is 1.27. The molecule has 0 saturated carbocycles. The molecule has 2 heterocycles. The molecular formula is C18H16N2O2. The third-order valence-corrected chi connectivity index (χ3v) is 4.23. The van der Waals surface area contributed by atoms with Crippen LogP contribution in [0.25, 0.3) is 0 Å². The molecule has 0 saturated heterocycles. The topological polar surface area (TPSA) is 50.4 Å². The van der Waals surface area contributed by atoms with Crippen molar-refractivity contribution < 1.29 is 9.53 Å². The quantitative estimate of drug-likeness (QED) is 0.778. The number of nitrogens with one attached hydrogen (secondary N) is 2. The van der Waals surface area contributed by atoms with Crippen LogP contribution in [0.1, 0.15) is 21.5 Å². The third-order valence-electron chi connectivity index (χ3n) is 4.23. The zero-order valence-electron chi connectivity index (χ0n) is 12.4. The molecule has 2 aliphatic heterocycles. The summed E-state index contributed by atoms with van der Waals surface area (Å²) >= 11 is 0. The van der Waals surface area contributed by atoms with Gasteiger partial charge < -0.3 is 15.4 Å². The Kier molecular flexibility index (Phi) is 2.73. The Labute approximate surface area is 128 Å². The van der Waals surface area contributed by atoms with Crippen LogP contribution in [0.2, 0.25) is 0 Å². The molecule has 0 aliphatic carbocycles. The maximum Gasteiger partial charge on any atom is 0.201 e. The monoisotopic (exact) mass is 292 g/mol. The number of fused-ring (bicyclic) bond motifs is 3. The predicted octanol–water partition coefficient (Wildman–Crippen LogP) is 3.63. The summed E-state index contributed by atoms with van der Waals surface area (Å²) < 4.78 is 6.04. The molecule has 4 heteroatoms. The fourth-order valence-corrected chi connectivity index (χ4v) is 2.81. The molecule has 4 rings (SSSR count). The van der Waals surface area contributed by atoms with Gasteiger partial charge in [0, 0.05) is 6.20 Å². The number of Topliss-reactive ketones (excluding diaryl/α,β-unsaturated/α-hetero) is 1. The Balaban J connectivity index is 1.81. The number of carbonyl (C=O) groups excluding carboxylic acids is 1. The van der Waals surface area contributed by atoms with Crippen molar-refractivity contribution in [1.82, 2.24) is 0 Å². The Morgan fingerprint density at radius 3 is 2.59 bits per heavy atom. The van der Waals surface area contributed by atoms with Gasteiger partial charge in [-0.25, -0.2) is 0 Å². The zero-order chi connectivity index (χ0) is 15.3. The minimum atomic E-state index is -0.474. The van der Waals surface area contributed by atoms with Crippen LogP contribution >= 0.6 is 0 Å². The molecule has 0 aromatic heterocycles. The minimum absolute atomic E-state index is 0.00200. The first kappa shape index (κ1) is 13.0. The Hall–Kier alpha value is -2.75. The van der Waals surface area contributed by atoms with E-state index >= 15 is 0 Å². The lowest BCUT2D eigenvalue weighted by atomic mass is 9.95. The van der Waals surface area contributed by atoms with Gasteiger partial charge in [0.15, 0.2) is 5.78 Å². The molecule has 2 aromatic carbocycles. The van der Waals surface area contributed by atoms with Crippen molar-refractivity contribution in [3.05, 3.63) is 64.9 Å². The van der Waals surface area contributed by atoms with E-state index in [9.17, 15) is 4.79 Å². The zero-order valence-corrected chi connectivity index (χ0v) is 12.4. The lowest BCUT2D eigenvalue weighted by Gasteiger charge is -2.28. The predicted molar refractivity (Wildman–Crippen MR) is 86.4 cm³/mol. The largest absolute Gasteiger partial charge is 0.465 e. The Bertz CT molecular complexity index is 824. The number of rotatable bonds is 0. The maximum absolute atomic E-state index is 12.8. The van der Waals surface area contributed by atoms with Crippen molar-refractivity contribution in [2.45, 2.75) is 20.1 Å². The maximum atomic E-state index is 12.8. The summed E-state index contributed by atoms with van der Waals surface area (Å²) in [5, 5.41) is 6.48.